The molecular formula is C17H23ClZr. The van der Waals surface area contributed by atoms with Gasteiger partial charge >= 0.3 is 120 Å². The standard InChI is InChI=1S/C7H13.2C5H5.ClH.Zr/c1-5-7(4)6(2)3;2*1-2-4-5-3-1;;/h2,7H,5H2,1,3-4H3;2*1-3H,4H2;1H;/q;;;;+1/p-1. The van der Waals surface area contributed by atoms with Crippen molar-refractivity contribution in [1.29, 1.82) is 0 Å². The summed E-state index contributed by atoms with van der Waals surface area (Å²) in [6.45, 7) is 6.98. The van der Waals surface area contributed by atoms with Crippen molar-refractivity contribution >= 4 is 0 Å². The molecule has 0 aromatic heterocycles. The van der Waals surface area contributed by atoms with Crippen molar-refractivity contribution in [3.63, 3.8) is 0 Å². The fourth-order valence-electron chi connectivity index (χ4n) is 2.38. The smallest absolute Gasteiger partial charge is 1.00 e. The summed E-state index contributed by atoms with van der Waals surface area (Å²) in [5, 5.41) is 0. The second-order valence-corrected chi connectivity index (χ2v) is 11.2. The van der Waals surface area contributed by atoms with Crippen LogP contribution in [-0.4, -0.2) is 0 Å². The molecule has 0 fully saturated rings. The molecule has 0 bridgehead atoms. The molecule has 0 spiro atoms. The van der Waals surface area contributed by atoms with E-state index in [1.807, 2.05) is 0 Å². The van der Waals surface area contributed by atoms with Crippen molar-refractivity contribution in [2.45, 2.75) is 40.0 Å². The van der Waals surface area contributed by atoms with Crippen LogP contribution in [0.3, 0.4) is 0 Å². The molecule has 2 aliphatic carbocycles. The predicted octanol–water partition coefficient (Wildman–Crippen LogP) is 2.25. The zero-order valence-corrected chi connectivity index (χ0v) is 15.3. The van der Waals surface area contributed by atoms with Crippen molar-refractivity contribution in [3.05, 3.63) is 52.4 Å². The molecule has 102 valence electrons. The Morgan fingerprint density at radius 2 is 1.74 bits per heavy atom. The molecule has 2 heteroatoms. The van der Waals surface area contributed by atoms with Crippen molar-refractivity contribution in [2.75, 3.05) is 0 Å². The fraction of sp³-hybridized carbons (Fsp3) is 0.412. The molecule has 0 nitrogen and oxygen atoms in total. The molecule has 19 heavy (non-hydrogen) atoms. The van der Waals surface area contributed by atoms with Gasteiger partial charge in [0, 0.05) is 0 Å². The van der Waals surface area contributed by atoms with Gasteiger partial charge in [-0.1, -0.05) is 0 Å². The van der Waals surface area contributed by atoms with Gasteiger partial charge in [0.15, 0.2) is 0 Å². The normalized spacial score (nSPS) is 19.0. The summed E-state index contributed by atoms with van der Waals surface area (Å²) in [5.41, 5.74) is 1.62. The van der Waals surface area contributed by atoms with Gasteiger partial charge in [0.25, 0.3) is 0 Å². The van der Waals surface area contributed by atoms with Gasteiger partial charge < -0.3 is 12.4 Å². The SMILES string of the molecule is CCC(C)/C(C)=[CH]/[Zr+]([C]1=CC=CC1)[C]1=CC=CC1.[Cl-]. The van der Waals surface area contributed by atoms with Crippen LogP contribution < -0.4 is 12.4 Å². The number of hydrogen-bond acceptors (Lipinski definition) is 0. The third-order valence-electron chi connectivity index (χ3n) is 4.00. The van der Waals surface area contributed by atoms with Gasteiger partial charge in [-0.3, -0.25) is 0 Å². The molecule has 0 radical (unpaired) electrons. The first-order valence-electron chi connectivity index (χ1n) is 6.99. The van der Waals surface area contributed by atoms with Gasteiger partial charge in [-0.2, -0.15) is 0 Å². The monoisotopic (exact) mass is 352 g/mol. The number of allylic oxidation sites excluding steroid dienone is 9. The maximum Gasteiger partial charge on any atom is -1.00 e. The minimum absolute atomic E-state index is 0. The van der Waals surface area contributed by atoms with Gasteiger partial charge in [-0.25, -0.2) is 0 Å². The van der Waals surface area contributed by atoms with Crippen LogP contribution in [0.2, 0.25) is 0 Å². The Kier molecular flexibility index (Phi) is 7.33. The largest absolute Gasteiger partial charge is 1.00 e. The fourth-order valence-corrected chi connectivity index (χ4v) is 9.14. The Morgan fingerprint density at radius 1 is 1.21 bits per heavy atom. The first-order valence-corrected chi connectivity index (χ1v) is 10.9. The van der Waals surface area contributed by atoms with Crippen LogP contribution in [0.15, 0.2) is 52.4 Å². The van der Waals surface area contributed by atoms with Crippen LogP contribution in [-0.2, 0) is 21.8 Å². The van der Waals surface area contributed by atoms with Crippen molar-refractivity contribution < 1.29 is 34.2 Å². The zero-order valence-electron chi connectivity index (χ0n) is 12.1. The minimum Gasteiger partial charge on any atom is -1.00 e. The van der Waals surface area contributed by atoms with E-state index in [0.29, 0.717) is 0 Å². The molecule has 0 aromatic carbocycles. The van der Waals surface area contributed by atoms with Crippen LogP contribution in [0.25, 0.3) is 0 Å². The van der Waals surface area contributed by atoms with Crippen LogP contribution in [0.5, 0.6) is 0 Å². The van der Waals surface area contributed by atoms with Gasteiger partial charge in [-0.15, -0.1) is 0 Å². The first kappa shape index (κ1) is 16.9. The van der Waals surface area contributed by atoms with E-state index in [1.165, 1.54) is 19.3 Å². The second-order valence-electron chi connectivity index (χ2n) is 5.26. The Morgan fingerprint density at radius 3 is 2.11 bits per heavy atom. The van der Waals surface area contributed by atoms with Gasteiger partial charge in [0.05, 0.1) is 0 Å². The van der Waals surface area contributed by atoms with Crippen LogP contribution in [0, 0.1) is 5.92 Å². The first-order chi connectivity index (χ1) is 8.72. The molecule has 0 N–H and O–H groups in total. The van der Waals surface area contributed by atoms with Crippen LogP contribution in [0.4, 0.5) is 0 Å². The summed E-state index contributed by atoms with van der Waals surface area (Å²) in [6, 6.07) is 0. The molecular weight excluding hydrogens is 331 g/mol. The van der Waals surface area contributed by atoms with E-state index < -0.39 is 21.8 Å². The average molecular weight is 354 g/mol. The molecule has 0 saturated carbocycles. The van der Waals surface area contributed by atoms with Gasteiger partial charge in [0.1, 0.15) is 0 Å². The topological polar surface area (TPSA) is 0 Å². The molecule has 0 aliphatic heterocycles. The average Bonchev–Trinajstić information content (AvgIpc) is 3.06. The third-order valence-corrected chi connectivity index (χ3v) is 11.0. The Balaban J connectivity index is 0.00000180. The van der Waals surface area contributed by atoms with Crippen LogP contribution in [0.1, 0.15) is 40.0 Å². The summed E-state index contributed by atoms with van der Waals surface area (Å²) in [6.07, 6.45) is 17.5. The Labute approximate surface area is 132 Å². The predicted molar refractivity (Wildman–Crippen MR) is 76.9 cm³/mol. The summed E-state index contributed by atoms with van der Waals surface area (Å²) in [5.74, 6) is 0.741. The molecule has 0 saturated heterocycles. The molecule has 1 atom stereocenters. The zero-order chi connectivity index (χ0) is 13.0. The maximum atomic E-state index is 2.69. The quantitative estimate of drug-likeness (QED) is 0.711. The van der Waals surface area contributed by atoms with Crippen molar-refractivity contribution in [3.8, 4) is 0 Å². The number of rotatable bonds is 5. The van der Waals surface area contributed by atoms with E-state index in [2.05, 4.69) is 61.0 Å². The molecule has 2 rings (SSSR count). The van der Waals surface area contributed by atoms with E-state index in [-0.39, 0.29) is 12.4 Å². The van der Waals surface area contributed by atoms with Crippen LogP contribution >= 0.6 is 0 Å². The molecule has 0 aromatic rings. The molecule has 0 amide bonds. The number of hydrogen-bond donors (Lipinski definition) is 0. The van der Waals surface area contributed by atoms with Crippen molar-refractivity contribution in [1.82, 2.24) is 0 Å². The van der Waals surface area contributed by atoms with E-state index in [9.17, 15) is 0 Å². The van der Waals surface area contributed by atoms with Gasteiger partial charge in [0.2, 0.25) is 0 Å². The maximum absolute atomic E-state index is 2.69. The van der Waals surface area contributed by atoms with E-state index in [4.69, 9.17) is 0 Å². The van der Waals surface area contributed by atoms with E-state index in [0.717, 1.165) is 5.92 Å². The molecule has 0 heterocycles. The summed E-state index contributed by atoms with van der Waals surface area (Å²) in [4.78, 5) is 0. The minimum atomic E-state index is -1.68. The van der Waals surface area contributed by atoms with Gasteiger partial charge in [-0.05, 0) is 0 Å². The Hall–Kier alpha value is -0.127. The summed E-state index contributed by atoms with van der Waals surface area (Å²) in [7, 11) is 0. The molecule has 1 unspecified atom stereocenters. The van der Waals surface area contributed by atoms with Crippen molar-refractivity contribution in [2.24, 2.45) is 5.92 Å². The molecule has 2 aliphatic rings. The number of halogens is 1. The second kappa shape index (κ2) is 8.22. The van der Waals surface area contributed by atoms with E-state index in [1.54, 1.807) is 12.1 Å². The summed E-state index contributed by atoms with van der Waals surface area (Å²) >= 11 is -1.68. The summed E-state index contributed by atoms with van der Waals surface area (Å²) < 4.78 is 6.18. The third kappa shape index (κ3) is 4.43. The Bertz CT molecular complexity index is 422. The van der Waals surface area contributed by atoms with E-state index >= 15 is 0 Å².